The van der Waals surface area contributed by atoms with Gasteiger partial charge in [0.1, 0.15) is 28.9 Å². The van der Waals surface area contributed by atoms with Gasteiger partial charge in [-0.1, -0.05) is 6.58 Å². The lowest BCUT2D eigenvalue weighted by atomic mass is 9.57. The van der Waals surface area contributed by atoms with Crippen molar-refractivity contribution in [2.45, 2.75) is 31.0 Å². The van der Waals surface area contributed by atoms with E-state index in [0.29, 0.717) is 6.07 Å². The lowest BCUT2D eigenvalue weighted by Gasteiger charge is -2.52. The molecule has 0 heterocycles. The van der Waals surface area contributed by atoms with Crippen LogP contribution in [0.25, 0.3) is 11.1 Å². The number of rotatable bonds is 4. The number of aliphatic hydroxyl groups excluding tert-OH is 2. The molecule has 0 bridgehead atoms. The highest BCUT2D eigenvalue weighted by Gasteiger charge is 2.60. The molecule has 0 saturated heterocycles. The van der Waals surface area contributed by atoms with Crippen LogP contribution in [0.3, 0.4) is 0 Å². The topological polar surface area (TPSA) is 170 Å². The summed E-state index contributed by atoms with van der Waals surface area (Å²) in [6.45, 7) is 3.55. The van der Waals surface area contributed by atoms with Gasteiger partial charge in [0.05, 0.1) is 17.2 Å². The van der Waals surface area contributed by atoms with Gasteiger partial charge in [0.25, 0.3) is 5.91 Å². The third-order valence-electron chi connectivity index (χ3n) is 8.43. The molecular weight excluding hydrogens is 524 g/mol. The van der Waals surface area contributed by atoms with E-state index in [0.717, 1.165) is 6.07 Å². The van der Waals surface area contributed by atoms with Crippen molar-refractivity contribution in [1.29, 1.82) is 0 Å². The Morgan fingerprint density at radius 1 is 1.18 bits per heavy atom. The van der Waals surface area contributed by atoms with Gasteiger partial charge in [-0.2, -0.15) is 0 Å². The molecule has 3 aliphatic carbocycles. The van der Waals surface area contributed by atoms with Crippen molar-refractivity contribution in [3.05, 3.63) is 87.4 Å². The van der Waals surface area contributed by atoms with Crippen LogP contribution < -0.4 is 11.5 Å². The summed E-state index contributed by atoms with van der Waals surface area (Å²) in [7, 11) is 3.21. The Morgan fingerprint density at radius 3 is 2.42 bits per heavy atom. The SMILES string of the molecule is C=C1C(C(N)=O)=C(O)[C@@H](N(C)C)[C@@H]2C[C@@H]3Cc4c(-c5ccc(F)cc5F)cc(CN)c(O)c4C(=O)C3=C(O)[C@]12O. The quantitative estimate of drug-likeness (QED) is 0.335. The molecule has 1 amide bonds. The number of ketones is 1. The van der Waals surface area contributed by atoms with E-state index in [9.17, 15) is 38.8 Å². The molecule has 8 N–H and O–H groups in total. The van der Waals surface area contributed by atoms with Crippen molar-refractivity contribution in [2.24, 2.45) is 23.3 Å². The van der Waals surface area contributed by atoms with Gasteiger partial charge in [-0.15, -0.1) is 0 Å². The second-order valence-corrected chi connectivity index (χ2v) is 10.7. The molecule has 0 unspecified atom stereocenters. The molecule has 0 aliphatic heterocycles. The molecule has 0 aromatic heterocycles. The van der Waals surface area contributed by atoms with Crippen molar-refractivity contribution >= 4 is 11.7 Å². The Bertz CT molecular complexity index is 1580. The van der Waals surface area contributed by atoms with Gasteiger partial charge >= 0.3 is 0 Å². The molecule has 0 fully saturated rings. The number of nitrogens with two attached hydrogens (primary N) is 2. The first kappa shape index (κ1) is 27.5. The number of phenols is 1. The van der Waals surface area contributed by atoms with Crippen molar-refractivity contribution in [1.82, 2.24) is 4.90 Å². The van der Waals surface area contributed by atoms with Crippen LogP contribution >= 0.6 is 0 Å². The predicted molar refractivity (Wildman–Crippen MR) is 141 cm³/mol. The molecule has 4 atom stereocenters. The van der Waals surface area contributed by atoms with E-state index in [4.69, 9.17) is 11.5 Å². The molecular formula is C29H29F2N3O6. The number of primary amides is 1. The number of aliphatic hydroxyl groups is 3. The Kier molecular flexibility index (Phi) is 6.36. The van der Waals surface area contributed by atoms with E-state index in [1.54, 1.807) is 19.0 Å². The Hall–Kier alpha value is -4.06. The van der Waals surface area contributed by atoms with Crippen molar-refractivity contribution in [2.75, 3.05) is 14.1 Å². The van der Waals surface area contributed by atoms with Crippen LogP contribution in [0.15, 0.2) is 59.1 Å². The van der Waals surface area contributed by atoms with Crippen molar-refractivity contribution in [3.8, 4) is 16.9 Å². The van der Waals surface area contributed by atoms with Crippen LogP contribution in [0.2, 0.25) is 0 Å². The van der Waals surface area contributed by atoms with Crippen LogP contribution in [0.1, 0.15) is 27.9 Å². The minimum atomic E-state index is -2.34. The zero-order valence-electron chi connectivity index (χ0n) is 21.8. The first-order valence-corrected chi connectivity index (χ1v) is 12.6. The number of halogens is 2. The molecule has 2 aromatic carbocycles. The number of benzene rings is 2. The molecule has 40 heavy (non-hydrogen) atoms. The molecule has 9 nitrogen and oxygen atoms in total. The first-order chi connectivity index (χ1) is 18.7. The van der Waals surface area contributed by atoms with Crippen LogP contribution in [0, 0.1) is 23.5 Å². The van der Waals surface area contributed by atoms with Crippen LogP contribution in [-0.4, -0.2) is 62.8 Å². The molecule has 210 valence electrons. The summed E-state index contributed by atoms with van der Waals surface area (Å²) >= 11 is 0. The highest BCUT2D eigenvalue weighted by molar-refractivity contribution is 6.15. The van der Waals surface area contributed by atoms with Gasteiger partial charge in [0, 0.05) is 40.8 Å². The van der Waals surface area contributed by atoms with Crippen molar-refractivity contribution < 1.29 is 38.8 Å². The van der Waals surface area contributed by atoms with Gasteiger partial charge in [0.15, 0.2) is 11.4 Å². The number of phenolic OH excluding ortho intramolecular Hbond substituents is 1. The normalized spacial score (nSPS) is 26.1. The predicted octanol–water partition coefficient (Wildman–Crippen LogP) is 2.51. The zero-order valence-corrected chi connectivity index (χ0v) is 21.8. The molecule has 5 rings (SSSR count). The maximum atomic E-state index is 14.9. The number of likely N-dealkylation sites (N-methyl/N-ethyl adjacent to an activating group) is 1. The standard InChI is InChI=1S/C29H29F2N3O6/c1-11-20(28(33)39)26(37)23(34(2)3)18-8-12-6-17-16(15-5-4-14(30)9-19(15)31)7-13(10-32)24(35)22(17)25(36)21(12)27(38)29(11,18)40/h4-5,7,9,12,18,23,35,37-38,40H,1,6,8,10,32H2,2-3H3,(H2,33,39)/t12-,18-,23-,29-/m0/s1. The Labute approximate surface area is 228 Å². The lowest BCUT2D eigenvalue weighted by Crippen LogP contribution is -2.60. The number of hydrogen-bond acceptors (Lipinski definition) is 8. The number of Topliss-reactive ketones (excluding diaryl/α,β-unsaturated/α-hetero) is 1. The third kappa shape index (κ3) is 3.61. The minimum absolute atomic E-state index is 0.00648. The number of fused-ring (bicyclic) bond motifs is 3. The largest absolute Gasteiger partial charge is 0.510 e. The fraction of sp³-hybridized carbons (Fsp3) is 0.310. The van der Waals surface area contributed by atoms with E-state index in [1.165, 1.54) is 12.1 Å². The summed E-state index contributed by atoms with van der Waals surface area (Å²) in [5.41, 5.74) is 8.36. The summed E-state index contributed by atoms with van der Waals surface area (Å²) in [5, 5.41) is 45.5. The zero-order chi connectivity index (χ0) is 29.4. The number of nitrogens with zero attached hydrogens (tertiary/aromatic N) is 1. The lowest BCUT2D eigenvalue weighted by molar-refractivity contribution is -0.115. The molecule has 0 spiro atoms. The summed E-state index contributed by atoms with van der Waals surface area (Å²) < 4.78 is 28.6. The molecule has 0 radical (unpaired) electrons. The maximum absolute atomic E-state index is 14.9. The molecule has 2 aromatic rings. The van der Waals surface area contributed by atoms with Crippen LogP contribution in [-0.2, 0) is 17.8 Å². The second kappa shape index (κ2) is 9.26. The first-order valence-electron chi connectivity index (χ1n) is 12.6. The van der Waals surface area contributed by atoms with Gasteiger partial charge < -0.3 is 31.9 Å². The highest BCUT2D eigenvalue weighted by Crippen LogP contribution is 2.55. The summed E-state index contributed by atoms with van der Waals surface area (Å²) in [6.07, 6.45) is 0.0567. The van der Waals surface area contributed by atoms with Gasteiger partial charge in [-0.25, -0.2) is 8.78 Å². The Balaban J connectivity index is 1.77. The number of amides is 1. The molecule has 0 saturated carbocycles. The summed E-state index contributed by atoms with van der Waals surface area (Å²) in [5.74, 6) is -6.91. The van der Waals surface area contributed by atoms with Gasteiger partial charge in [-0.05, 0) is 62.2 Å². The smallest absolute Gasteiger partial charge is 0.252 e. The maximum Gasteiger partial charge on any atom is 0.252 e. The highest BCUT2D eigenvalue weighted by atomic mass is 19.1. The van der Waals surface area contributed by atoms with E-state index in [-0.39, 0.29) is 58.3 Å². The second-order valence-electron chi connectivity index (χ2n) is 10.7. The Morgan fingerprint density at radius 2 is 1.85 bits per heavy atom. The number of allylic oxidation sites excluding steroid dienone is 1. The van der Waals surface area contributed by atoms with E-state index in [2.05, 4.69) is 6.58 Å². The summed E-state index contributed by atoms with van der Waals surface area (Å²) in [6, 6.07) is 3.47. The number of aromatic hydroxyl groups is 1. The fourth-order valence-electron chi connectivity index (χ4n) is 6.64. The molecule has 11 heteroatoms. The van der Waals surface area contributed by atoms with Gasteiger partial charge in [0.2, 0.25) is 0 Å². The van der Waals surface area contributed by atoms with E-state index >= 15 is 0 Å². The minimum Gasteiger partial charge on any atom is -0.510 e. The van der Waals surface area contributed by atoms with Crippen LogP contribution in [0.4, 0.5) is 8.78 Å². The van der Waals surface area contributed by atoms with E-state index < -0.39 is 69.6 Å². The van der Waals surface area contributed by atoms with Crippen molar-refractivity contribution in [3.63, 3.8) is 0 Å². The monoisotopic (exact) mass is 553 g/mol. The number of hydrogen-bond donors (Lipinski definition) is 6. The molecule has 3 aliphatic rings. The average Bonchev–Trinajstić information content (AvgIpc) is 2.86. The van der Waals surface area contributed by atoms with E-state index in [1.807, 2.05) is 0 Å². The van der Waals surface area contributed by atoms with Crippen LogP contribution in [0.5, 0.6) is 5.75 Å². The summed E-state index contributed by atoms with van der Waals surface area (Å²) in [4.78, 5) is 27.8. The number of carbonyl (C=O) groups is 2. The van der Waals surface area contributed by atoms with Gasteiger partial charge in [-0.3, -0.25) is 14.5 Å². The number of carbonyl (C=O) groups excluding carboxylic acids is 2. The fourth-order valence-corrected chi connectivity index (χ4v) is 6.64. The third-order valence-corrected chi connectivity index (χ3v) is 8.43. The average molecular weight is 554 g/mol.